The van der Waals surface area contributed by atoms with Crippen molar-refractivity contribution in [3.63, 3.8) is 0 Å². The third-order valence-electron chi connectivity index (χ3n) is 16.8. The highest BCUT2D eigenvalue weighted by Crippen LogP contribution is 2.41. The molecular weight excluding hydrogens is 1320 g/mol. The quantitative estimate of drug-likeness (QED) is 0.0318. The maximum absolute atomic E-state index is 13.6. The van der Waals surface area contributed by atoms with Crippen molar-refractivity contribution in [3.8, 4) is 0 Å². The van der Waals surface area contributed by atoms with Gasteiger partial charge in [0.2, 0.25) is 23.6 Å². The third kappa shape index (κ3) is 18.6. The highest BCUT2D eigenvalue weighted by molar-refractivity contribution is 5.78. The lowest BCUT2D eigenvalue weighted by Gasteiger charge is -2.52. The molecular formula is C53H90N4O39. The molecule has 43 nitrogen and oxygen atoms in total. The lowest BCUT2D eigenvalue weighted by Crippen LogP contribution is -2.72. The van der Waals surface area contributed by atoms with E-state index in [1.807, 2.05) is 0 Å². The summed E-state index contributed by atoms with van der Waals surface area (Å²) in [5.74, 6) is -9.69. The fourth-order valence-electron chi connectivity index (χ4n) is 11.7. The Labute approximate surface area is 544 Å². The van der Waals surface area contributed by atoms with Crippen LogP contribution in [0.4, 0.5) is 0 Å². The van der Waals surface area contributed by atoms with Crippen molar-refractivity contribution < 1.29 is 193 Å². The van der Waals surface area contributed by atoms with Gasteiger partial charge in [-0.2, -0.15) is 0 Å². The topological polar surface area (TPSA) is 689 Å². The van der Waals surface area contributed by atoms with E-state index in [2.05, 4.69) is 21.3 Å². The highest BCUT2D eigenvalue weighted by atomic mass is 16.8. The van der Waals surface area contributed by atoms with Gasteiger partial charge in [-0.25, -0.2) is 4.79 Å². The number of aliphatic hydroxyl groups excluding tert-OH is 21. The van der Waals surface area contributed by atoms with Crippen LogP contribution in [-0.4, -0.2) is 409 Å². The summed E-state index contributed by atoms with van der Waals surface area (Å²) in [6.45, 7) is -5.31. The van der Waals surface area contributed by atoms with Crippen LogP contribution in [0.2, 0.25) is 0 Å². The lowest BCUT2D eigenvalue weighted by molar-refractivity contribution is -0.398. The van der Waals surface area contributed by atoms with Gasteiger partial charge in [0.15, 0.2) is 31.5 Å². The number of aliphatic hydroxyl groups is 21. The van der Waals surface area contributed by atoms with E-state index in [0.717, 1.165) is 20.8 Å². The molecule has 0 unspecified atom stereocenters. The van der Waals surface area contributed by atoms with Crippen molar-refractivity contribution in [1.29, 1.82) is 0 Å². The number of rotatable bonds is 30. The summed E-state index contributed by atoms with van der Waals surface area (Å²) >= 11 is 0. The number of carboxylic acids is 1. The van der Waals surface area contributed by atoms with Crippen LogP contribution < -0.4 is 21.3 Å². The Bertz CT molecular complexity index is 2490. The maximum atomic E-state index is 13.6. The fourth-order valence-corrected chi connectivity index (χ4v) is 11.7. The molecule has 6 heterocycles. The smallest absolute Gasteiger partial charge is 0.364 e. The Morgan fingerprint density at radius 3 is 1.57 bits per heavy atom. The second kappa shape index (κ2) is 35.6. The van der Waals surface area contributed by atoms with Crippen molar-refractivity contribution in [2.45, 2.75) is 248 Å². The summed E-state index contributed by atoms with van der Waals surface area (Å²) < 4.78 is 70.0. The number of carboxylic acid groups (broad SMARTS) is 1. The number of carbonyl (C=O) groups excluding carboxylic acids is 4. The molecule has 6 saturated heterocycles. The third-order valence-corrected chi connectivity index (χ3v) is 16.8. The highest BCUT2D eigenvalue weighted by Gasteiger charge is 2.62. The van der Waals surface area contributed by atoms with E-state index in [1.54, 1.807) is 0 Å². The number of aliphatic carboxylic acids is 1. The van der Waals surface area contributed by atoms with Gasteiger partial charge < -0.3 is 190 Å². The summed E-state index contributed by atoms with van der Waals surface area (Å²) in [6, 6.07) is -7.48. The first kappa shape index (κ1) is 81.0. The van der Waals surface area contributed by atoms with E-state index in [1.165, 1.54) is 6.92 Å². The molecule has 6 aliphatic rings. The van der Waals surface area contributed by atoms with Gasteiger partial charge in [0.1, 0.15) is 159 Å². The van der Waals surface area contributed by atoms with E-state index >= 15 is 0 Å². The van der Waals surface area contributed by atoms with Gasteiger partial charge in [-0.05, 0) is 6.92 Å². The van der Waals surface area contributed by atoms with Crippen LogP contribution in [0.1, 0.15) is 34.1 Å². The standard InChI is InChI=1S/C53H90N4O39/c1-14-30(72)37(79)39(81)49(86-14)94-46-38(80)34(76)23(9-61)88-51(46)91-41(18(6-58)54-15(2)65)32(74)21(70)13-85-47-29(56-17(4)67)36(78)42(24(10-62)89-47)92-50-40(82)45(43(25(11-63)90-50)93-48-28(55-16(3)66)35(77)33(75)22(8-60)87-48)96-53(52(83)84)5-19(68)27(57-26(71)12-64)44(95-53)31(73)20(69)7-59/h14,18-25,27-51,58-64,68-70,72-82H,5-13H2,1-4H3,(H,54,65)(H,55,66)(H,56,67)(H,57,71)(H,83,84)/t14-,18-,19-,20+,21+,22+,23+,24+,25+,27+,28+,29+,30+,31+,32-,33-,34-,35+,36+,37+,38-,39-,40+,41+,42+,43-,44+,45+,46+,47+,48-,49-,50-,51-,53-/m0/s1. The first-order valence-corrected chi connectivity index (χ1v) is 30.2. The van der Waals surface area contributed by atoms with Gasteiger partial charge in [0, 0.05) is 27.2 Å². The zero-order valence-corrected chi connectivity index (χ0v) is 51.8. The van der Waals surface area contributed by atoms with Crippen LogP contribution in [0.3, 0.4) is 0 Å². The summed E-state index contributed by atoms with van der Waals surface area (Å²) in [6.07, 6.45) is -64.4. The Kier molecular flexibility index (Phi) is 30.0. The number of hydrogen-bond acceptors (Lipinski definition) is 38. The maximum Gasteiger partial charge on any atom is 0.364 e. The normalized spacial score (nSPS) is 42.6. The molecule has 6 aliphatic heterocycles. The molecule has 0 aliphatic carbocycles. The van der Waals surface area contributed by atoms with Gasteiger partial charge >= 0.3 is 5.97 Å². The molecule has 0 bridgehead atoms. The molecule has 43 heteroatoms. The first-order chi connectivity index (χ1) is 45.2. The summed E-state index contributed by atoms with van der Waals surface area (Å²) in [7, 11) is 0. The zero-order valence-electron chi connectivity index (χ0n) is 51.8. The molecule has 35 atom stereocenters. The SMILES string of the molecule is CC(=O)N[C@H]1[C@H](OC[C@@H](O)[C@H](O)[C@H](O[C@@H]2O[C@H](CO)[C@H](O)[C@H](O)[C@H]2O[C@@H]2O[C@@H](C)[C@@H](O)[C@@H](O)[C@@H]2O)[C@H](CO)NC(C)=O)O[C@H](CO)[C@@H](O[C@@H]2O[C@H](CO)[C@H](O[C@@H]3O[C@H](CO)[C@H](O)[C@H](O)[C@H]3NC(C)=O)[C@H](O[C@]3(C(=O)O)C[C@H](O)[C@@H](NC(=O)CO)[C@H]([C@H](O)[C@H](O)CO)O3)[C@H]2O)[C@@H]1O. The van der Waals surface area contributed by atoms with E-state index in [4.69, 9.17) is 56.8 Å². The molecule has 0 aromatic rings. The monoisotopic (exact) mass is 1410 g/mol. The second-order valence-corrected chi connectivity index (χ2v) is 23.7. The Balaban J connectivity index is 1.32. The molecule has 4 amide bonds. The Morgan fingerprint density at radius 1 is 0.510 bits per heavy atom. The molecule has 6 rings (SSSR count). The van der Waals surface area contributed by atoms with Crippen molar-refractivity contribution >= 4 is 29.6 Å². The van der Waals surface area contributed by atoms with Crippen molar-refractivity contribution in [2.75, 3.05) is 52.9 Å². The van der Waals surface area contributed by atoms with Gasteiger partial charge in [0.05, 0.1) is 70.5 Å². The predicted octanol–water partition coefficient (Wildman–Crippen LogP) is -16.9. The number of ether oxygens (including phenoxy) is 12. The first-order valence-electron chi connectivity index (χ1n) is 30.2. The minimum Gasteiger partial charge on any atom is -0.477 e. The van der Waals surface area contributed by atoms with Crippen molar-refractivity contribution in [3.05, 3.63) is 0 Å². The number of carbonyl (C=O) groups is 5. The van der Waals surface area contributed by atoms with Gasteiger partial charge in [-0.3, -0.25) is 19.2 Å². The van der Waals surface area contributed by atoms with Crippen LogP contribution in [0.15, 0.2) is 0 Å². The minimum absolute atomic E-state index is 0.884. The van der Waals surface area contributed by atoms with Crippen LogP contribution in [0, 0.1) is 0 Å². The average molecular weight is 1410 g/mol. The Hall–Kier alpha value is -3.97. The second-order valence-electron chi connectivity index (χ2n) is 23.7. The predicted molar refractivity (Wildman–Crippen MR) is 298 cm³/mol. The molecule has 26 N–H and O–H groups in total. The zero-order chi connectivity index (χ0) is 71.7. The van der Waals surface area contributed by atoms with Gasteiger partial charge in [0.25, 0.3) is 5.79 Å². The summed E-state index contributed by atoms with van der Waals surface area (Å²) in [5.41, 5.74) is 0. The van der Waals surface area contributed by atoms with Crippen LogP contribution in [0.5, 0.6) is 0 Å². The van der Waals surface area contributed by atoms with Crippen molar-refractivity contribution in [1.82, 2.24) is 21.3 Å². The van der Waals surface area contributed by atoms with Crippen molar-refractivity contribution in [2.24, 2.45) is 0 Å². The van der Waals surface area contributed by atoms with E-state index in [0.29, 0.717) is 0 Å². The summed E-state index contributed by atoms with van der Waals surface area (Å²) in [5, 5.41) is 248. The minimum atomic E-state index is -3.46. The molecule has 0 spiro atoms. The van der Waals surface area contributed by atoms with Crippen LogP contribution in [0.25, 0.3) is 0 Å². The molecule has 0 aromatic heterocycles. The fraction of sp³-hybridized carbons (Fsp3) is 0.906. The average Bonchev–Trinajstić information content (AvgIpc) is 0.754. The van der Waals surface area contributed by atoms with Gasteiger partial charge in [-0.15, -0.1) is 0 Å². The Morgan fingerprint density at radius 2 is 1.03 bits per heavy atom. The van der Waals surface area contributed by atoms with E-state index in [9.17, 15) is 136 Å². The number of amides is 4. The van der Waals surface area contributed by atoms with Crippen LogP contribution >= 0.6 is 0 Å². The number of hydrogen-bond donors (Lipinski definition) is 26. The molecule has 0 saturated carbocycles. The molecule has 0 aromatic carbocycles. The molecule has 0 radical (unpaired) electrons. The molecule has 96 heavy (non-hydrogen) atoms. The number of nitrogens with one attached hydrogen (secondary N) is 4. The summed E-state index contributed by atoms with van der Waals surface area (Å²) in [4.78, 5) is 63.8. The lowest BCUT2D eigenvalue weighted by atomic mass is 9.88. The largest absolute Gasteiger partial charge is 0.477 e. The van der Waals surface area contributed by atoms with Gasteiger partial charge in [-0.1, -0.05) is 0 Å². The van der Waals surface area contributed by atoms with E-state index in [-0.39, 0.29) is 0 Å². The molecule has 556 valence electrons. The molecule has 6 fully saturated rings. The van der Waals surface area contributed by atoms with Crippen LogP contribution in [-0.2, 0) is 80.8 Å². The van der Waals surface area contributed by atoms with E-state index < -0.39 is 303 Å².